The molecule has 1 aromatic heterocycles. The second-order valence-corrected chi connectivity index (χ2v) is 3.61. The lowest BCUT2D eigenvalue weighted by atomic mass is 10.4. The van der Waals surface area contributed by atoms with E-state index >= 15 is 0 Å². The highest BCUT2D eigenvalue weighted by molar-refractivity contribution is 8.00. The monoisotopic (exact) mass is 186 g/mol. The molecule has 0 saturated carbocycles. The first-order valence-electron chi connectivity index (χ1n) is 3.34. The van der Waals surface area contributed by atoms with Gasteiger partial charge in [-0.05, 0) is 17.4 Å². The Balaban J connectivity index is 2.64. The number of nitrogens with one attached hydrogen (secondary N) is 1. The fourth-order valence-corrected chi connectivity index (χ4v) is 1.26. The molecule has 0 aliphatic heterocycles. The first-order valence-corrected chi connectivity index (χ1v) is 4.22. The van der Waals surface area contributed by atoms with E-state index in [1.54, 1.807) is 11.7 Å². The molecular weight excluding hydrogens is 176 g/mol. The number of rotatable bonds is 3. The van der Waals surface area contributed by atoms with Crippen molar-refractivity contribution in [2.75, 3.05) is 0 Å². The Kier molecular flexibility index (Phi) is 2.64. The van der Waals surface area contributed by atoms with E-state index in [0.29, 0.717) is 5.16 Å². The highest BCUT2D eigenvalue weighted by Crippen LogP contribution is 2.18. The van der Waals surface area contributed by atoms with E-state index in [1.165, 1.54) is 11.8 Å². The average Bonchev–Trinajstić information content (AvgIpc) is 2.36. The van der Waals surface area contributed by atoms with Crippen LogP contribution in [-0.2, 0) is 7.05 Å². The zero-order valence-corrected chi connectivity index (χ0v) is 7.67. The molecule has 7 heteroatoms. The maximum Gasteiger partial charge on any atom is 0.209 e. The number of amidine groups is 1. The number of nitrogens with two attached hydrogens (primary N) is 1. The second-order valence-electron chi connectivity index (χ2n) is 2.30. The standard InChI is InChI=1S/C5H10N6S/c1-3(4(6)7)12-5-8-9-10-11(5)2/h3H,1-2H3,(H3,6,7). The molecule has 0 fully saturated rings. The molecule has 0 aliphatic carbocycles. The van der Waals surface area contributed by atoms with Gasteiger partial charge < -0.3 is 5.73 Å². The van der Waals surface area contributed by atoms with Gasteiger partial charge in [-0.2, -0.15) is 0 Å². The van der Waals surface area contributed by atoms with E-state index in [-0.39, 0.29) is 11.1 Å². The van der Waals surface area contributed by atoms with Crippen molar-refractivity contribution in [1.29, 1.82) is 5.41 Å². The zero-order chi connectivity index (χ0) is 9.14. The summed E-state index contributed by atoms with van der Waals surface area (Å²) in [5, 5.41) is 18.6. The number of hydrogen-bond acceptors (Lipinski definition) is 5. The van der Waals surface area contributed by atoms with Crippen LogP contribution in [0.15, 0.2) is 5.16 Å². The summed E-state index contributed by atoms with van der Waals surface area (Å²) in [5.41, 5.74) is 5.29. The molecule has 0 saturated heterocycles. The van der Waals surface area contributed by atoms with Crippen molar-refractivity contribution in [2.24, 2.45) is 12.8 Å². The van der Waals surface area contributed by atoms with Gasteiger partial charge in [0.2, 0.25) is 5.16 Å². The molecule has 1 heterocycles. The summed E-state index contributed by atoms with van der Waals surface area (Å²) in [6.45, 7) is 1.84. The molecular formula is C5H10N6S. The molecule has 0 amide bonds. The molecule has 0 spiro atoms. The van der Waals surface area contributed by atoms with E-state index in [1.807, 2.05) is 6.92 Å². The van der Waals surface area contributed by atoms with Crippen molar-refractivity contribution in [2.45, 2.75) is 17.3 Å². The molecule has 3 N–H and O–H groups in total. The third-order valence-electron chi connectivity index (χ3n) is 1.30. The second kappa shape index (κ2) is 3.53. The summed E-state index contributed by atoms with van der Waals surface area (Å²) in [7, 11) is 1.75. The minimum atomic E-state index is -0.0882. The first kappa shape index (κ1) is 8.98. The molecule has 1 unspecified atom stereocenters. The van der Waals surface area contributed by atoms with Gasteiger partial charge in [0.1, 0.15) is 5.84 Å². The van der Waals surface area contributed by atoms with Crippen molar-refractivity contribution in [1.82, 2.24) is 20.2 Å². The molecule has 0 bridgehead atoms. The highest BCUT2D eigenvalue weighted by atomic mass is 32.2. The van der Waals surface area contributed by atoms with Crippen LogP contribution in [0, 0.1) is 5.41 Å². The number of nitrogens with zero attached hydrogens (tertiary/aromatic N) is 4. The minimum Gasteiger partial charge on any atom is -0.387 e. The Labute approximate surface area is 74.0 Å². The van der Waals surface area contributed by atoms with Gasteiger partial charge >= 0.3 is 0 Å². The van der Waals surface area contributed by atoms with Crippen molar-refractivity contribution >= 4 is 17.6 Å². The minimum absolute atomic E-state index is 0.0882. The predicted molar refractivity (Wildman–Crippen MR) is 46.0 cm³/mol. The van der Waals surface area contributed by atoms with Crippen molar-refractivity contribution in [3.63, 3.8) is 0 Å². The quantitative estimate of drug-likeness (QED) is 0.381. The summed E-state index contributed by atoms with van der Waals surface area (Å²) in [4.78, 5) is 0. The van der Waals surface area contributed by atoms with E-state index in [4.69, 9.17) is 11.1 Å². The van der Waals surface area contributed by atoms with Gasteiger partial charge in [-0.25, -0.2) is 4.68 Å². The number of tetrazole rings is 1. The molecule has 0 aromatic carbocycles. The van der Waals surface area contributed by atoms with Crippen LogP contribution in [0.3, 0.4) is 0 Å². The number of aryl methyl sites for hydroxylation is 1. The van der Waals surface area contributed by atoms with Gasteiger partial charge in [-0.3, -0.25) is 5.41 Å². The normalized spacial score (nSPS) is 12.8. The first-order chi connectivity index (χ1) is 5.61. The average molecular weight is 186 g/mol. The molecule has 1 rings (SSSR count). The molecule has 12 heavy (non-hydrogen) atoms. The van der Waals surface area contributed by atoms with Crippen LogP contribution in [0.2, 0.25) is 0 Å². The van der Waals surface area contributed by atoms with E-state index in [2.05, 4.69) is 15.5 Å². The molecule has 1 atom stereocenters. The van der Waals surface area contributed by atoms with Crippen LogP contribution in [0.5, 0.6) is 0 Å². The van der Waals surface area contributed by atoms with E-state index < -0.39 is 0 Å². The van der Waals surface area contributed by atoms with Crippen molar-refractivity contribution in [3.05, 3.63) is 0 Å². The summed E-state index contributed by atoms with van der Waals surface area (Å²) < 4.78 is 1.55. The Morgan fingerprint density at radius 2 is 2.42 bits per heavy atom. The fraction of sp³-hybridized carbons (Fsp3) is 0.600. The number of hydrogen-bond donors (Lipinski definition) is 2. The zero-order valence-electron chi connectivity index (χ0n) is 6.85. The third-order valence-corrected chi connectivity index (χ3v) is 2.47. The fourth-order valence-electron chi connectivity index (χ4n) is 0.543. The van der Waals surface area contributed by atoms with Gasteiger partial charge in [0.05, 0.1) is 5.25 Å². The Bertz CT molecular complexity index is 281. The number of thioether (sulfide) groups is 1. The Morgan fingerprint density at radius 1 is 1.75 bits per heavy atom. The van der Waals surface area contributed by atoms with Crippen LogP contribution in [-0.4, -0.2) is 31.3 Å². The van der Waals surface area contributed by atoms with Gasteiger partial charge in [0.15, 0.2) is 0 Å². The largest absolute Gasteiger partial charge is 0.387 e. The highest BCUT2D eigenvalue weighted by Gasteiger charge is 2.11. The lowest BCUT2D eigenvalue weighted by Gasteiger charge is -2.05. The molecule has 0 radical (unpaired) electrons. The van der Waals surface area contributed by atoms with Crippen LogP contribution in [0.4, 0.5) is 0 Å². The van der Waals surface area contributed by atoms with Crippen LogP contribution in [0.25, 0.3) is 0 Å². The Morgan fingerprint density at radius 3 is 2.83 bits per heavy atom. The van der Waals surface area contributed by atoms with Crippen molar-refractivity contribution < 1.29 is 0 Å². The maximum atomic E-state index is 7.15. The third kappa shape index (κ3) is 1.94. The summed E-state index contributed by atoms with van der Waals surface area (Å²) >= 11 is 1.36. The molecule has 0 aliphatic rings. The molecule has 6 nitrogen and oxygen atoms in total. The van der Waals surface area contributed by atoms with Crippen LogP contribution >= 0.6 is 11.8 Å². The lowest BCUT2D eigenvalue weighted by molar-refractivity contribution is 0.664. The van der Waals surface area contributed by atoms with E-state index in [9.17, 15) is 0 Å². The van der Waals surface area contributed by atoms with Crippen LogP contribution < -0.4 is 5.73 Å². The van der Waals surface area contributed by atoms with Gasteiger partial charge in [0, 0.05) is 7.05 Å². The number of aromatic nitrogens is 4. The summed E-state index contributed by atoms with van der Waals surface area (Å²) in [6.07, 6.45) is 0. The Hall–Kier alpha value is -1.11. The maximum absolute atomic E-state index is 7.15. The van der Waals surface area contributed by atoms with Gasteiger partial charge in [0.25, 0.3) is 0 Å². The van der Waals surface area contributed by atoms with Crippen LogP contribution in [0.1, 0.15) is 6.92 Å². The lowest BCUT2D eigenvalue weighted by Crippen LogP contribution is -2.22. The molecule has 66 valence electrons. The topological polar surface area (TPSA) is 93.5 Å². The van der Waals surface area contributed by atoms with Crippen molar-refractivity contribution in [3.8, 4) is 0 Å². The molecule has 1 aromatic rings. The van der Waals surface area contributed by atoms with E-state index in [0.717, 1.165) is 0 Å². The summed E-state index contributed by atoms with van der Waals surface area (Å²) in [6, 6.07) is 0. The van der Waals surface area contributed by atoms with Gasteiger partial charge in [-0.1, -0.05) is 11.8 Å². The predicted octanol–water partition coefficient (Wildman–Crippen LogP) is -0.373. The SMILES string of the molecule is CC(Sc1nnnn1C)C(=N)N. The summed E-state index contributed by atoms with van der Waals surface area (Å²) in [5.74, 6) is 0.128. The van der Waals surface area contributed by atoms with Gasteiger partial charge in [-0.15, -0.1) is 5.10 Å². The smallest absolute Gasteiger partial charge is 0.209 e.